The standard InChI is InChI=1S/C22H28N2O2/c1-5-24(16-19-9-7-6-8-10-19)21(26)22(3,4)20(25)23-15-18-13-11-17(2)12-14-18/h6-14H,5,15-16H2,1-4H3,(H,23,25). The molecule has 138 valence electrons. The first kappa shape index (κ1) is 19.7. The molecule has 0 saturated heterocycles. The number of amides is 2. The Kier molecular flexibility index (Phi) is 6.56. The molecule has 2 amide bonds. The molecule has 0 atom stereocenters. The molecule has 0 aliphatic heterocycles. The lowest BCUT2D eigenvalue weighted by molar-refractivity contribution is -0.149. The van der Waals surface area contributed by atoms with Gasteiger partial charge in [0.15, 0.2) is 0 Å². The second-order valence-corrected chi connectivity index (χ2v) is 7.10. The highest BCUT2D eigenvalue weighted by molar-refractivity contribution is 6.04. The Bertz CT molecular complexity index is 736. The van der Waals surface area contributed by atoms with E-state index >= 15 is 0 Å². The van der Waals surface area contributed by atoms with Gasteiger partial charge in [0.2, 0.25) is 11.8 Å². The van der Waals surface area contributed by atoms with E-state index in [1.165, 1.54) is 5.56 Å². The van der Waals surface area contributed by atoms with E-state index in [2.05, 4.69) is 5.32 Å². The quantitative estimate of drug-likeness (QED) is 0.773. The minimum atomic E-state index is -1.12. The van der Waals surface area contributed by atoms with Gasteiger partial charge in [0, 0.05) is 19.6 Å². The van der Waals surface area contributed by atoms with Crippen molar-refractivity contribution in [3.8, 4) is 0 Å². The van der Waals surface area contributed by atoms with Gasteiger partial charge in [0.25, 0.3) is 0 Å². The fourth-order valence-electron chi connectivity index (χ4n) is 2.73. The minimum absolute atomic E-state index is 0.162. The Morgan fingerprint density at radius 2 is 1.58 bits per heavy atom. The van der Waals surface area contributed by atoms with Gasteiger partial charge in [0.05, 0.1) is 0 Å². The first-order valence-corrected chi connectivity index (χ1v) is 9.01. The van der Waals surface area contributed by atoms with Crippen LogP contribution in [0.25, 0.3) is 0 Å². The molecule has 0 aromatic heterocycles. The molecule has 4 heteroatoms. The molecule has 0 radical (unpaired) electrons. The third-order valence-corrected chi connectivity index (χ3v) is 4.56. The third kappa shape index (κ3) is 4.94. The molecular weight excluding hydrogens is 324 g/mol. The van der Waals surface area contributed by atoms with Gasteiger partial charge in [-0.25, -0.2) is 0 Å². The normalized spacial score (nSPS) is 11.1. The van der Waals surface area contributed by atoms with Crippen LogP contribution in [0.1, 0.15) is 37.5 Å². The molecular formula is C22H28N2O2. The lowest BCUT2D eigenvalue weighted by Gasteiger charge is -2.30. The van der Waals surface area contributed by atoms with Crippen LogP contribution in [-0.4, -0.2) is 23.3 Å². The van der Waals surface area contributed by atoms with Gasteiger partial charge in [-0.3, -0.25) is 9.59 Å². The minimum Gasteiger partial charge on any atom is -0.351 e. The van der Waals surface area contributed by atoms with Crippen LogP contribution < -0.4 is 5.32 Å². The molecule has 0 saturated carbocycles. The van der Waals surface area contributed by atoms with Gasteiger partial charge in [-0.15, -0.1) is 0 Å². The molecule has 0 aliphatic carbocycles. The Morgan fingerprint density at radius 1 is 0.962 bits per heavy atom. The number of benzene rings is 2. The SMILES string of the molecule is CCN(Cc1ccccc1)C(=O)C(C)(C)C(=O)NCc1ccc(C)cc1. The maximum Gasteiger partial charge on any atom is 0.237 e. The molecule has 0 fully saturated rings. The smallest absolute Gasteiger partial charge is 0.237 e. The summed E-state index contributed by atoms with van der Waals surface area (Å²) in [7, 11) is 0. The fourth-order valence-corrected chi connectivity index (χ4v) is 2.73. The summed E-state index contributed by atoms with van der Waals surface area (Å²) in [6.45, 7) is 8.81. The number of rotatable bonds is 7. The van der Waals surface area contributed by atoms with E-state index in [0.29, 0.717) is 19.6 Å². The highest BCUT2D eigenvalue weighted by atomic mass is 16.2. The molecule has 2 rings (SSSR count). The van der Waals surface area contributed by atoms with Crippen molar-refractivity contribution in [2.75, 3.05) is 6.54 Å². The van der Waals surface area contributed by atoms with Crippen molar-refractivity contribution in [1.82, 2.24) is 10.2 Å². The molecule has 26 heavy (non-hydrogen) atoms. The molecule has 2 aromatic carbocycles. The van der Waals surface area contributed by atoms with Gasteiger partial charge in [0.1, 0.15) is 5.41 Å². The van der Waals surface area contributed by atoms with Crippen LogP contribution in [0.3, 0.4) is 0 Å². The Labute approximate surface area is 156 Å². The topological polar surface area (TPSA) is 49.4 Å². The molecule has 1 N–H and O–H groups in total. The number of nitrogens with zero attached hydrogens (tertiary/aromatic N) is 1. The highest BCUT2D eigenvalue weighted by Crippen LogP contribution is 2.21. The van der Waals surface area contributed by atoms with Crippen LogP contribution in [-0.2, 0) is 22.7 Å². The summed E-state index contributed by atoms with van der Waals surface area (Å²) < 4.78 is 0. The van der Waals surface area contributed by atoms with E-state index in [0.717, 1.165) is 11.1 Å². The summed E-state index contributed by atoms with van der Waals surface area (Å²) in [6.07, 6.45) is 0. The van der Waals surface area contributed by atoms with Crippen molar-refractivity contribution in [2.24, 2.45) is 5.41 Å². The maximum absolute atomic E-state index is 13.0. The summed E-state index contributed by atoms with van der Waals surface area (Å²) in [5.74, 6) is -0.417. The molecule has 0 heterocycles. The maximum atomic E-state index is 13.0. The van der Waals surface area contributed by atoms with Crippen molar-refractivity contribution >= 4 is 11.8 Å². The molecule has 2 aromatic rings. The van der Waals surface area contributed by atoms with Crippen molar-refractivity contribution in [3.63, 3.8) is 0 Å². The zero-order valence-corrected chi connectivity index (χ0v) is 16.1. The Morgan fingerprint density at radius 3 is 2.15 bits per heavy atom. The summed E-state index contributed by atoms with van der Waals surface area (Å²) in [6, 6.07) is 17.8. The lowest BCUT2D eigenvalue weighted by atomic mass is 9.90. The highest BCUT2D eigenvalue weighted by Gasteiger charge is 2.38. The van der Waals surface area contributed by atoms with E-state index in [1.807, 2.05) is 68.4 Å². The van der Waals surface area contributed by atoms with Crippen molar-refractivity contribution in [3.05, 3.63) is 71.3 Å². The third-order valence-electron chi connectivity index (χ3n) is 4.56. The number of carbonyl (C=O) groups is 2. The summed E-state index contributed by atoms with van der Waals surface area (Å²) >= 11 is 0. The van der Waals surface area contributed by atoms with Crippen LogP contribution in [0.2, 0.25) is 0 Å². The van der Waals surface area contributed by atoms with Gasteiger partial charge < -0.3 is 10.2 Å². The second kappa shape index (κ2) is 8.65. The van der Waals surface area contributed by atoms with Crippen LogP contribution in [0, 0.1) is 12.3 Å². The fraction of sp³-hybridized carbons (Fsp3) is 0.364. The van der Waals surface area contributed by atoms with Crippen LogP contribution in [0.5, 0.6) is 0 Å². The number of carbonyl (C=O) groups excluding carboxylic acids is 2. The molecule has 4 nitrogen and oxygen atoms in total. The molecule has 0 unspecified atom stereocenters. The number of aryl methyl sites for hydroxylation is 1. The average molecular weight is 352 g/mol. The lowest BCUT2D eigenvalue weighted by Crippen LogP contribution is -2.49. The summed E-state index contributed by atoms with van der Waals surface area (Å²) in [5.41, 5.74) is 2.13. The number of hydrogen-bond donors (Lipinski definition) is 1. The summed E-state index contributed by atoms with van der Waals surface area (Å²) in [5, 5.41) is 2.90. The zero-order chi connectivity index (χ0) is 19.2. The van der Waals surface area contributed by atoms with E-state index in [4.69, 9.17) is 0 Å². The predicted molar refractivity (Wildman–Crippen MR) is 104 cm³/mol. The van der Waals surface area contributed by atoms with Crippen LogP contribution in [0.15, 0.2) is 54.6 Å². The van der Waals surface area contributed by atoms with Crippen molar-refractivity contribution in [1.29, 1.82) is 0 Å². The molecule has 0 aliphatic rings. The number of hydrogen-bond acceptors (Lipinski definition) is 2. The van der Waals surface area contributed by atoms with E-state index in [-0.39, 0.29) is 11.8 Å². The second-order valence-electron chi connectivity index (χ2n) is 7.10. The summed E-state index contributed by atoms with van der Waals surface area (Å²) in [4.78, 5) is 27.3. The Balaban J connectivity index is 2.01. The van der Waals surface area contributed by atoms with Gasteiger partial charge >= 0.3 is 0 Å². The Hall–Kier alpha value is -2.62. The molecule has 0 spiro atoms. The average Bonchev–Trinajstić information content (AvgIpc) is 2.65. The van der Waals surface area contributed by atoms with Crippen LogP contribution >= 0.6 is 0 Å². The molecule has 0 bridgehead atoms. The zero-order valence-electron chi connectivity index (χ0n) is 16.1. The van der Waals surface area contributed by atoms with Crippen molar-refractivity contribution in [2.45, 2.75) is 40.8 Å². The first-order chi connectivity index (χ1) is 12.3. The monoisotopic (exact) mass is 352 g/mol. The van der Waals surface area contributed by atoms with Gasteiger partial charge in [-0.05, 0) is 38.8 Å². The van der Waals surface area contributed by atoms with E-state index < -0.39 is 5.41 Å². The predicted octanol–water partition coefficient (Wildman–Crippen LogP) is 3.69. The van der Waals surface area contributed by atoms with Gasteiger partial charge in [-0.2, -0.15) is 0 Å². The first-order valence-electron chi connectivity index (χ1n) is 9.01. The van der Waals surface area contributed by atoms with Crippen LogP contribution in [0.4, 0.5) is 0 Å². The van der Waals surface area contributed by atoms with Crippen molar-refractivity contribution < 1.29 is 9.59 Å². The van der Waals surface area contributed by atoms with E-state index in [1.54, 1.807) is 18.7 Å². The van der Waals surface area contributed by atoms with E-state index in [9.17, 15) is 9.59 Å². The largest absolute Gasteiger partial charge is 0.351 e. The number of nitrogens with one attached hydrogen (secondary N) is 1. The van der Waals surface area contributed by atoms with Gasteiger partial charge in [-0.1, -0.05) is 60.2 Å².